The van der Waals surface area contributed by atoms with Crippen LogP contribution in [0.3, 0.4) is 0 Å². The molecular formula is C6H6N4O2. The maximum atomic E-state index is 11.1. The van der Waals surface area contributed by atoms with Gasteiger partial charge in [-0.2, -0.15) is 4.98 Å². The highest BCUT2D eigenvalue weighted by Gasteiger charge is 2.07. The number of nitrogens with zero attached hydrogens (tertiary/aromatic N) is 1. The van der Waals surface area contributed by atoms with Crippen LogP contribution in [0.15, 0.2) is 11.0 Å². The Morgan fingerprint density at radius 3 is 3.08 bits per heavy atom. The molecule has 5 N–H and O–H groups in total. The fourth-order valence-corrected chi connectivity index (χ4v) is 1.04. The molecule has 2 aromatic heterocycles. The minimum absolute atomic E-state index is 0.0225. The van der Waals surface area contributed by atoms with Gasteiger partial charge in [-0.3, -0.25) is 9.78 Å². The SMILES string of the molecule is Nc1nc2[nH]cc(O)c2c(=O)[nH]1. The topological polar surface area (TPSA) is 108 Å². The molecule has 12 heavy (non-hydrogen) atoms. The molecule has 0 spiro atoms. The highest BCUT2D eigenvalue weighted by molar-refractivity contribution is 5.82. The van der Waals surface area contributed by atoms with Crippen LogP contribution in [0, 0.1) is 0 Å². The number of H-pyrrole nitrogens is 2. The number of nitrogens with one attached hydrogen (secondary N) is 2. The summed E-state index contributed by atoms with van der Waals surface area (Å²) in [6.07, 6.45) is 1.28. The van der Waals surface area contributed by atoms with E-state index in [-0.39, 0.29) is 22.7 Å². The molecule has 0 amide bonds. The second-order valence-electron chi connectivity index (χ2n) is 2.35. The van der Waals surface area contributed by atoms with Gasteiger partial charge in [0.2, 0.25) is 5.95 Å². The van der Waals surface area contributed by atoms with Gasteiger partial charge in [0.25, 0.3) is 5.56 Å². The van der Waals surface area contributed by atoms with Crippen LogP contribution < -0.4 is 11.3 Å². The van der Waals surface area contributed by atoms with Crippen molar-refractivity contribution in [3.63, 3.8) is 0 Å². The fourth-order valence-electron chi connectivity index (χ4n) is 1.04. The number of fused-ring (bicyclic) bond motifs is 1. The minimum atomic E-state index is -0.448. The molecule has 0 unspecified atom stereocenters. The first kappa shape index (κ1) is 6.71. The van der Waals surface area contributed by atoms with Gasteiger partial charge in [0.05, 0.1) is 0 Å². The first-order valence-corrected chi connectivity index (χ1v) is 3.24. The molecule has 0 aliphatic heterocycles. The summed E-state index contributed by atoms with van der Waals surface area (Å²) in [5.74, 6) is -0.104. The second-order valence-corrected chi connectivity index (χ2v) is 2.35. The Labute approximate surface area is 66.1 Å². The number of aromatic hydroxyl groups is 1. The molecule has 0 saturated carbocycles. The Morgan fingerprint density at radius 1 is 1.58 bits per heavy atom. The fraction of sp³-hybridized carbons (Fsp3) is 0. The van der Waals surface area contributed by atoms with E-state index < -0.39 is 5.56 Å². The summed E-state index contributed by atoms with van der Waals surface area (Å²) in [7, 11) is 0. The van der Waals surface area contributed by atoms with E-state index in [1.54, 1.807) is 0 Å². The molecule has 0 radical (unpaired) electrons. The predicted molar refractivity (Wildman–Crippen MR) is 42.8 cm³/mol. The summed E-state index contributed by atoms with van der Waals surface area (Å²) in [5.41, 5.74) is 5.10. The van der Waals surface area contributed by atoms with Gasteiger partial charge in [0.15, 0.2) is 5.65 Å². The number of nitrogens with two attached hydrogens (primary N) is 1. The number of aromatic amines is 2. The quantitative estimate of drug-likeness (QED) is 0.424. The van der Waals surface area contributed by atoms with E-state index in [1.165, 1.54) is 6.20 Å². The van der Waals surface area contributed by atoms with E-state index >= 15 is 0 Å². The average Bonchev–Trinajstić information content (AvgIpc) is 2.31. The minimum Gasteiger partial charge on any atom is -0.505 e. The highest BCUT2D eigenvalue weighted by Crippen LogP contribution is 2.17. The van der Waals surface area contributed by atoms with Crippen LogP contribution in [0.1, 0.15) is 0 Å². The molecule has 0 bridgehead atoms. The Morgan fingerprint density at radius 2 is 2.33 bits per heavy atom. The normalized spacial score (nSPS) is 10.7. The monoisotopic (exact) mass is 166 g/mol. The Balaban J connectivity index is 3.03. The molecule has 6 nitrogen and oxygen atoms in total. The van der Waals surface area contributed by atoms with Crippen molar-refractivity contribution in [1.29, 1.82) is 0 Å². The van der Waals surface area contributed by atoms with E-state index in [9.17, 15) is 4.79 Å². The molecule has 2 aromatic rings. The lowest BCUT2D eigenvalue weighted by atomic mass is 10.4. The van der Waals surface area contributed by atoms with Gasteiger partial charge in [-0.05, 0) is 0 Å². The van der Waals surface area contributed by atoms with Crippen LogP contribution in [0.25, 0.3) is 11.0 Å². The third-order valence-corrected chi connectivity index (χ3v) is 1.54. The third-order valence-electron chi connectivity index (χ3n) is 1.54. The zero-order valence-corrected chi connectivity index (χ0v) is 5.96. The molecule has 0 aliphatic carbocycles. The molecule has 62 valence electrons. The van der Waals surface area contributed by atoms with Gasteiger partial charge in [0, 0.05) is 6.20 Å². The average molecular weight is 166 g/mol. The number of hydrogen-bond acceptors (Lipinski definition) is 4. The van der Waals surface area contributed by atoms with E-state index in [4.69, 9.17) is 10.8 Å². The molecule has 0 aromatic carbocycles. The lowest BCUT2D eigenvalue weighted by Crippen LogP contribution is -2.10. The molecule has 0 fully saturated rings. The predicted octanol–water partition coefficient (Wildman–Crippen LogP) is -0.461. The summed E-state index contributed by atoms with van der Waals surface area (Å²) in [4.78, 5) is 19.8. The van der Waals surface area contributed by atoms with E-state index in [2.05, 4.69) is 15.0 Å². The molecular weight excluding hydrogens is 160 g/mol. The van der Waals surface area contributed by atoms with Crippen LogP contribution in [-0.2, 0) is 0 Å². The van der Waals surface area contributed by atoms with Gasteiger partial charge in [-0.1, -0.05) is 0 Å². The van der Waals surface area contributed by atoms with Crippen molar-refractivity contribution in [2.45, 2.75) is 0 Å². The molecule has 0 atom stereocenters. The largest absolute Gasteiger partial charge is 0.505 e. The summed E-state index contributed by atoms with van der Waals surface area (Å²) in [5, 5.41) is 9.28. The first-order chi connectivity index (χ1) is 5.68. The number of anilines is 1. The van der Waals surface area contributed by atoms with Crippen LogP contribution in [0.5, 0.6) is 5.75 Å². The Bertz CT molecular complexity index is 484. The van der Waals surface area contributed by atoms with Crippen LogP contribution in [0.2, 0.25) is 0 Å². The summed E-state index contributed by atoms with van der Waals surface area (Å²) >= 11 is 0. The zero-order chi connectivity index (χ0) is 8.72. The second kappa shape index (κ2) is 2.00. The number of rotatable bonds is 0. The van der Waals surface area contributed by atoms with Crippen molar-refractivity contribution in [3.8, 4) is 5.75 Å². The lowest BCUT2D eigenvalue weighted by Gasteiger charge is -1.91. The van der Waals surface area contributed by atoms with Crippen molar-refractivity contribution in [1.82, 2.24) is 15.0 Å². The molecule has 2 heterocycles. The Kier molecular flexibility index (Phi) is 1.12. The van der Waals surface area contributed by atoms with E-state index in [0.29, 0.717) is 0 Å². The van der Waals surface area contributed by atoms with Crippen LogP contribution in [0.4, 0.5) is 5.95 Å². The molecule has 0 aliphatic rings. The summed E-state index contributed by atoms with van der Waals surface area (Å²) in [6.45, 7) is 0. The number of hydrogen-bond donors (Lipinski definition) is 4. The van der Waals surface area contributed by atoms with E-state index in [0.717, 1.165) is 0 Å². The van der Waals surface area contributed by atoms with Gasteiger partial charge >= 0.3 is 0 Å². The smallest absolute Gasteiger partial charge is 0.265 e. The van der Waals surface area contributed by atoms with Crippen molar-refractivity contribution >= 4 is 17.0 Å². The highest BCUT2D eigenvalue weighted by atomic mass is 16.3. The van der Waals surface area contributed by atoms with E-state index in [1.807, 2.05) is 0 Å². The van der Waals surface area contributed by atoms with Gasteiger partial charge in [-0.25, -0.2) is 0 Å². The number of nitrogen functional groups attached to an aromatic ring is 1. The lowest BCUT2D eigenvalue weighted by molar-refractivity contribution is 0.481. The standard InChI is InChI=1S/C6H6N4O2/c7-6-9-4-3(5(12)10-6)2(11)1-8-4/h1,11H,(H4,7,8,9,10,12). The summed E-state index contributed by atoms with van der Waals surface area (Å²) < 4.78 is 0. The van der Waals surface area contributed by atoms with Crippen molar-refractivity contribution < 1.29 is 5.11 Å². The molecule has 0 saturated heterocycles. The maximum Gasteiger partial charge on any atom is 0.265 e. The van der Waals surface area contributed by atoms with Crippen LogP contribution in [-0.4, -0.2) is 20.1 Å². The summed E-state index contributed by atoms with van der Waals surface area (Å²) in [6, 6.07) is 0. The van der Waals surface area contributed by atoms with Gasteiger partial charge < -0.3 is 15.8 Å². The van der Waals surface area contributed by atoms with Gasteiger partial charge in [0.1, 0.15) is 11.1 Å². The number of aromatic nitrogens is 3. The van der Waals surface area contributed by atoms with Crippen LogP contribution >= 0.6 is 0 Å². The third kappa shape index (κ3) is 0.746. The zero-order valence-electron chi connectivity index (χ0n) is 5.96. The van der Waals surface area contributed by atoms with Crippen molar-refractivity contribution in [2.75, 3.05) is 5.73 Å². The van der Waals surface area contributed by atoms with Crippen molar-refractivity contribution in [2.24, 2.45) is 0 Å². The van der Waals surface area contributed by atoms with Crippen molar-refractivity contribution in [3.05, 3.63) is 16.6 Å². The molecule has 6 heteroatoms. The maximum absolute atomic E-state index is 11.1. The molecule has 2 rings (SSSR count). The Hall–Kier alpha value is -1.98. The first-order valence-electron chi connectivity index (χ1n) is 3.24. The van der Waals surface area contributed by atoms with Gasteiger partial charge in [-0.15, -0.1) is 0 Å².